The van der Waals surface area contributed by atoms with Crippen molar-refractivity contribution in [1.29, 1.82) is 0 Å². The van der Waals surface area contributed by atoms with E-state index in [-0.39, 0.29) is 5.82 Å². The highest BCUT2D eigenvalue weighted by Crippen LogP contribution is 2.38. The van der Waals surface area contributed by atoms with E-state index in [1.807, 2.05) is 12.1 Å². The number of hydrogen-bond donors (Lipinski definition) is 0. The Bertz CT molecular complexity index is 917. The number of aryl methyl sites for hydroxylation is 2. The minimum Gasteiger partial charge on any atom is -0.497 e. The molecule has 2 nitrogen and oxygen atoms in total. The summed E-state index contributed by atoms with van der Waals surface area (Å²) in [5, 5.41) is 1.07. The molecular weight excluding hydrogens is 289 g/mol. The zero-order valence-electron chi connectivity index (χ0n) is 13.3. The van der Waals surface area contributed by atoms with Crippen LogP contribution < -0.4 is 4.74 Å². The third-order valence-corrected chi connectivity index (χ3v) is 4.73. The van der Waals surface area contributed by atoms with Crippen molar-refractivity contribution in [2.45, 2.75) is 26.2 Å². The van der Waals surface area contributed by atoms with Crippen LogP contribution in [0.1, 0.15) is 23.6 Å². The Balaban J connectivity index is 2.03. The van der Waals surface area contributed by atoms with Crippen molar-refractivity contribution >= 4 is 10.9 Å². The normalized spacial score (nSPS) is 12.8. The smallest absolute Gasteiger partial charge is 0.125 e. The summed E-state index contributed by atoms with van der Waals surface area (Å²) in [5.74, 6) is 0.632. The van der Waals surface area contributed by atoms with Gasteiger partial charge in [0.25, 0.3) is 0 Å². The summed E-state index contributed by atoms with van der Waals surface area (Å²) < 4.78 is 19.0. The van der Waals surface area contributed by atoms with Crippen LogP contribution in [0.5, 0.6) is 5.75 Å². The maximum Gasteiger partial charge on any atom is 0.125 e. The number of methoxy groups -OCH3 is 1. The number of halogens is 1. The molecule has 4 rings (SSSR count). The van der Waals surface area contributed by atoms with Crippen molar-refractivity contribution in [1.82, 2.24) is 4.98 Å². The first kappa shape index (κ1) is 14.2. The first-order valence-corrected chi connectivity index (χ1v) is 7.99. The van der Waals surface area contributed by atoms with Gasteiger partial charge in [-0.25, -0.2) is 9.37 Å². The van der Waals surface area contributed by atoms with Gasteiger partial charge < -0.3 is 4.74 Å². The van der Waals surface area contributed by atoms with Gasteiger partial charge in [0.1, 0.15) is 11.6 Å². The summed E-state index contributed by atoms with van der Waals surface area (Å²) in [6, 6.07) is 11.0. The number of rotatable bonds is 2. The van der Waals surface area contributed by atoms with Crippen LogP contribution in [0.3, 0.4) is 0 Å². The lowest BCUT2D eigenvalue weighted by Gasteiger charge is -2.23. The van der Waals surface area contributed by atoms with E-state index in [1.165, 1.54) is 28.8 Å². The number of aromatic nitrogens is 1. The molecule has 0 saturated heterocycles. The van der Waals surface area contributed by atoms with Gasteiger partial charge in [-0.3, -0.25) is 0 Å². The number of hydrogen-bond acceptors (Lipinski definition) is 2. The first-order chi connectivity index (χ1) is 11.2. The predicted octanol–water partition coefficient (Wildman–Crippen LogP) is 4.71. The molecular formula is C20H18FNO. The van der Waals surface area contributed by atoms with Crippen LogP contribution in [-0.4, -0.2) is 12.1 Å². The number of benzene rings is 2. The molecule has 1 aliphatic carbocycles. The molecule has 0 unspecified atom stereocenters. The molecule has 0 spiro atoms. The lowest BCUT2D eigenvalue weighted by atomic mass is 9.84. The third kappa shape index (κ3) is 2.19. The highest BCUT2D eigenvalue weighted by Gasteiger charge is 2.22. The van der Waals surface area contributed by atoms with E-state index in [1.54, 1.807) is 7.11 Å². The summed E-state index contributed by atoms with van der Waals surface area (Å²) in [7, 11) is 1.68. The maximum absolute atomic E-state index is 13.6. The molecule has 0 bridgehead atoms. The van der Waals surface area contributed by atoms with E-state index in [4.69, 9.17) is 9.72 Å². The van der Waals surface area contributed by atoms with Crippen molar-refractivity contribution in [2.24, 2.45) is 0 Å². The van der Waals surface area contributed by atoms with Crippen molar-refractivity contribution in [3.8, 4) is 17.0 Å². The van der Waals surface area contributed by atoms with E-state index in [0.29, 0.717) is 0 Å². The average molecular weight is 307 g/mol. The molecule has 0 saturated carbocycles. The van der Waals surface area contributed by atoms with E-state index in [0.717, 1.165) is 47.2 Å². The number of fused-ring (bicyclic) bond motifs is 4. The quantitative estimate of drug-likeness (QED) is 0.684. The van der Waals surface area contributed by atoms with Crippen LogP contribution in [0.25, 0.3) is 22.2 Å². The Morgan fingerprint density at radius 2 is 2.00 bits per heavy atom. The highest BCUT2D eigenvalue weighted by atomic mass is 19.1. The molecule has 23 heavy (non-hydrogen) atoms. The Morgan fingerprint density at radius 1 is 1.13 bits per heavy atom. The fraction of sp³-hybridized carbons (Fsp3) is 0.250. The number of pyridine rings is 1. The van der Waals surface area contributed by atoms with Crippen molar-refractivity contribution in [3.05, 3.63) is 58.9 Å². The number of nitrogens with zero attached hydrogens (tertiary/aromatic N) is 1. The van der Waals surface area contributed by atoms with Gasteiger partial charge in [-0.1, -0.05) is 6.92 Å². The Morgan fingerprint density at radius 3 is 2.78 bits per heavy atom. The van der Waals surface area contributed by atoms with Gasteiger partial charge in [-0.15, -0.1) is 0 Å². The Kier molecular flexibility index (Phi) is 3.29. The molecule has 0 N–H and O–H groups in total. The van der Waals surface area contributed by atoms with E-state index in [9.17, 15) is 4.39 Å². The van der Waals surface area contributed by atoms with E-state index >= 15 is 0 Å². The fourth-order valence-electron chi connectivity index (χ4n) is 3.64. The molecule has 0 atom stereocenters. The molecule has 0 fully saturated rings. The lowest BCUT2D eigenvalue weighted by Crippen LogP contribution is -2.10. The van der Waals surface area contributed by atoms with Gasteiger partial charge in [-0.2, -0.15) is 0 Å². The van der Waals surface area contributed by atoms with Crippen LogP contribution in [-0.2, 0) is 19.3 Å². The molecule has 0 radical (unpaired) electrons. The second-order valence-corrected chi connectivity index (χ2v) is 5.96. The summed E-state index contributed by atoms with van der Waals surface area (Å²) >= 11 is 0. The molecule has 0 aliphatic heterocycles. The minimum atomic E-state index is -0.238. The fourth-order valence-corrected chi connectivity index (χ4v) is 3.64. The molecule has 3 aromatic rings. The molecule has 1 aromatic heterocycles. The standard InChI is InChI=1S/C20H18FNO/c1-3-15-17-8-5-13(21)11-19(17)22-20-16-9-6-14(23-2)10-12(16)4-7-18(15)20/h5-6,8-11H,3-4,7H2,1-2H3. The molecule has 3 heteroatoms. The van der Waals surface area contributed by atoms with Crippen LogP contribution in [0.15, 0.2) is 36.4 Å². The molecule has 116 valence electrons. The summed E-state index contributed by atoms with van der Waals surface area (Å²) in [6.45, 7) is 2.15. The zero-order chi connectivity index (χ0) is 16.0. The van der Waals surface area contributed by atoms with Gasteiger partial charge in [0.2, 0.25) is 0 Å². The van der Waals surface area contributed by atoms with Crippen LogP contribution in [0, 0.1) is 5.82 Å². The molecule has 1 aliphatic rings. The third-order valence-electron chi connectivity index (χ3n) is 4.73. The maximum atomic E-state index is 13.6. The van der Waals surface area contributed by atoms with Crippen LogP contribution in [0.2, 0.25) is 0 Å². The monoisotopic (exact) mass is 307 g/mol. The second kappa shape index (κ2) is 5.34. The SMILES string of the molecule is CCc1c2c(nc3cc(F)ccc13)-c1ccc(OC)cc1CC2. The van der Waals surface area contributed by atoms with Crippen molar-refractivity contribution in [2.75, 3.05) is 7.11 Å². The topological polar surface area (TPSA) is 22.1 Å². The summed E-state index contributed by atoms with van der Waals surface area (Å²) in [6.07, 6.45) is 2.89. The highest BCUT2D eigenvalue weighted by molar-refractivity contribution is 5.88. The minimum absolute atomic E-state index is 0.238. The van der Waals surface area contributed by atoms with Gasteiger partial charge in [0, 0.05) is 17.0 Å². The zero-order valence-corrected chi connectivity index (χ0v) is 13.3. The lowest BCUT2D eigenvalue weighted by molar-refractivity contribution is 0.414. The van der Waals surface area contributed by atoms with Gasteiger partial charge in [-0.05, 0) is 66.3 Å². The predicted molar refractivity (Wildman–Crippen MR) is 90.5 cm³/mol. The van der Waals surface area contributed by atoms with Crippen molar-refractivity contribution < 1.29 is 9.13 Å². The Hall–Kier alpha value is -2.42. The summed E-state index contributed by atoms with van der Waals surface area (Å²) in [4.78, 5) is 4.80. The molecule has 2 aromatic carbocycles. The number of ether oxygens (including phenoxy) is 1. The van der Waals surface area contributed by atoms with Crippen LogP contribution >= 0.6 is 0 Å². The van der Waals surface area contributed by atoms with E-state index < -0.39 is 0 Å². The van der Waals surface area contributed by atoms with Crippen LogP contribution in [0.4, 0.5) is 4.39 Å². The molecule has 1 heterocycles. The first-order valence-electron chi connectivity index (χ1n) is 7.99. The van der Waals surface area contributed by atoms with E-state index in [2.05, 4.69) is 19.1 Å². The second-order valence-electron chi connectivity index (χ2n) is 5.96. The van der Waals surface area contributed by atoms with Gasteiger partial charge >= 0.3 is 0 Å². The Labute approximate surface area is 134 Å². The largest absolute Gasteiger partial charge is 0.497 e. The molecule has 0 amide bonds. The van der Waals surface area contributed by atoms with Gasteiger partial charge in [0.15, 0.2) is 0 Å². The average Bonchev–Trinajstić information content (AvgIpc) is 2.58. The van der Waals surface area contributed by atoms with Gasteiger partial charge in [0.05, 0.1) is 18.3 Å². The van der Waals surface area contributed by atoms with Crippen molar-refractivity contribution in [3.63, 3.8) is 0 Å². The summed E-state index contributed by atoms with van der Waals surface area (Å²) in [5.41, 5.74) is 6.75.